The van der Waals surface area contributed by atoms with Gasteiger partial charge < -0.3 is 15.0 Å². The zero-order valence-corrected chi connectivity index (χ0v) is 9.59. The molecule has 1 rings (SSSR count). The third kappa shape index (κ3) is 4.40. The molecule has 0 aromatic heterocycles. The molecule has 0 amide bonds. The summed E-state index contributed by atoms with van der Waals surface area (Å²) in [4.78, 5) is 2.56. The highest BCUT2D eigenvalue weighted by Gasteiger charge is 2.19. The van der Waals surface area contributed by atoms with Gasteiger partial charge in [-0.2, -0.15) is 0 Å². The minimum absolute atomic E-state index is 0.817. The summed E-state index contributed by atoms with van der Waals surface area (Å²) < 4.78 is 4.97. The molecular formula is C11H24N2O. The SMILES string of the molecule is CCC1CCN(CCNCCOC)C1. The van der Waals surface area contributed by atoms with Gasteiger partial charge in [-0.15, -0.1) is 0 Å². The van der Waals surface area contributed by atoms with E-state index >= 15 is 0 Å². The minimum atomic E-state index is 0.817. The van der Waals surface area contributed by atoms with E-state index in [4.69, 9.17) is 4.74 Å². The van der Waals surface area contributed by atoms with Crippen LogP contribution in [0, 0.1) is 5.92 Å². The standard InChI is InChI=1S/C11H24N2O/c1-3-11-4-7-13(10-11)8-5-12-6-9-14-2/h11-12H,3-10H2,1-2H3. The van der Waals surface area contributed by atoms with Crippen molar-refractivity contribution < 1.29 is 4.74 Å². The normalized spacial score (nSPS) is 23.1. The second-order valence-electron chi connectivity index (χ2n) is 4.11. The molecule has 1 fully saturated rings. The maximum absolute atomic E-state index is 4.97. The van der Waals surface area contributed by atoms with E-state index in [0.29, 0.717) is 0 Å². The fraction of sp³-hybridized carbons (Fsp3) is 1.00. The Morgan fingerprint density at radius 1 is 1.43 bits per heavy atom. The largest absolute Gasteiger partial charge is 0.383 e. The number of nitrogens with one attached hydrogen (secondary N) is 1. The van der Waals surface area contributed by atoms with E-state index in [9.17, 15) is 0 Å². The van der Waals surface area contributed by atoms with Crippen LogP contribution >= 0.6 is 0 Å². The number of hydrogen-bond acceptors (Lipinski definition) is 3. The summed E-state index contributed by atoms with van der Waals surface area (Å²) >= 11 is 0. The molecule has 1 heterocycles. The number of methoxy groups -OCH3 is 1. The summed E-state index contributed by atoms with van der Waals surface area (Å²) in [6.45, 7) is 8.98. The Balaban J connectivity index is 1.92. The second-order valence-corrected chi connectivity index (χ2v) is 4.11. The van der Waals surface area contributed by atoms with Gasteiger partial charge in [0.25, 0.3) is 0 Å². The van der Waals surface area contributed by atoms with Gasteiger partial charge in [0, 0.05) is 33.3 Å². The van der Waals surface area contributed by atoms with Crippen molar-refractivity contribution in [1.82, 2.24) is 10.2 Å². The number of nitrogens with zero attached hydrogens (tertiary/aromatic N) is 1. The maximum atomic E-state index is 4.97. The van der Waals surface area contributed by atoms with Gasteiger partial charge in [-0.3, -0.25) is 0 Å². The van der Waals surface area contributed by atoms with Crippen LogP contribution in [0.4, 0.5) is 0 Å². The van der Waals surface area contributed by atoms with E-state index in [-0.39, 0.29) is 0 Å². The van der Waals surface area contributed by atoms with Crippen LogP contribution in [0.2, 0.25) is 0 Å². The minimum Gasteiger partial charge on any atom is -0.383 e. The summed E-state index contributed by atoms with van der Waals surface area (Å²) in [6.07, 6.45) is 2.74. The first kappa shape index (κ1) is 12.0. The van der Waals surface area contributed by atoms with Gasteiger partial charge in [-0.05, 0) is 18.9 Å². The first-order valence-corrected chi connectivity index (χ1v) is 5.78. The lowest BCUT2D eigenvalue weighted by Crippen LogP contribution is -2.32. The summed E-state index contributed by atoms with van der Waals surface area (Å²) in [5.74, 6) is 0.953. The van der Waals surface area contributed by atoms with E-state index < -0.39 is 0 Å². The Morgan fingerprint density at radius 3 is 2.93 bits per heavy atom. The molecule has 1 aliphatic rings. The molecule has 1 atom stereocenters. The van der Waals surface area contributed by atoms with Crippen molar-refractivity contribution in [2.75, 3.05) is 46.4 Å². The van der Waals surface area contributed by atoms with Crippen LogP contribution in [-0.4, -0.2) is 51.3 Å². The topological polar surface area (TPSA) is 24.5 Å². The predicted octanol–water partition coefficient (Wildman–Crippen LogP) is 0.954. The van der Waals surface area contributed by atoms with Crippen LogP contribution in [0.25, 0.3) is 0 Å². The van der Waals surface area contributed by atoms with E-state index in [0.717, 1.165) is 25.6 Å². The van der Waals surface area contributed by atoms with Crippen LogP contribution < -0.4 is 5.32 Å². The lowest BCUT2D eigenvalue weighted by Gasteiger charge is -2.15. The molecule has 0 aromatic rings. The summed E-state index contributed by atoms with van der Waals surface area (Å²) in [5, 5.41) is 3.38. The molecule has 1 unspecified atom stereocenters. The highest BCUT2D eigenvalue weighted by molar-refractivity contribution is 4.74. The fourth-order valence-corrected chi connectivity index (χ4v) is 1.99. The molecule has 0 radical (unpaired) electrons. The molecule has 1 aliphatic heterocycles. The zero-order valence-electron chi connectivity index (χ0n) is 9.59. The van der Waals surface area contributed by atoms with E-state index in [2.05, 4.69) is 17.1 Å². The summed E-state index contributed by atoms with van der Waals surface area (Å²) in [6, 6.07) is 0. The Labute approximate surface area is 87.8 Å². The highest BCUT2D eigenvalue weighted by Crippen LogP contribution is 2.17. The molecule has 3 heteroatoms. The Morgan fingerprint density at radius 2 is 2.29 bits per heavy atom. The summed E-state index contributed by atoms with van der Waals surface area (Å²) in [7, 11) is 1.74. The smallest absolute Gasteiger partial charge is 0.0587 e. The number of rotatable bonds is 7. The monoisotopic (exact) mass is 200 g/mol. The average Bonchev–Trinajstić information content (AvgIpc) is 2.65. The maximum Gasteiger partial charge on any atom is 0.0587 e. The van der Waals surface area contributed by atoms with Crippen molar-refractivity contribution >= 4 is 0 Å². The Kier molecular flexibility index (Phi) is 6.15. The van der Waals surface area contributed by atoms with Crippen molar-refractivity contribution in [3.05, 3.63) is 0 Å². The van der Waals surface area contributed by atoms with Crippen molar-refractivity contribution in [3.8, 4) is 0 Å². The predicted molar refractivity (Wildman–Crippen MR) is 59.6 cm³/mol. The third-order valence-electron chi connectivity index (χ3n) is 3.04. The molecule has 1 N–H and O–H groups in total. The number of hydrogen-bond donors (Lipinski definition) is 1. The van der Waals surface area contributed by atoms with Crippen LogP contribution in [0.3, 0.4) is 0 Å². The van der Waals surface area contributed by atoms with E-state index in [1.807, 2.05) is 0 Å². The Bertz CT molecular complexity index is 141. The zero-order chi connectivity index (χ0) is 10.2. The van der Waals surface area contributed by atoms with Gasteiger partial charge in [-0.25, -0.2) is 0 Å². The fourth-order valence-electron chi connectivity index (χ4n) is 1.99. The van der Waals surface area contributed by atoms with E-state index in [1.54, 1.807) is 7.11 Å². The molecule has 0 aliphatic carbocycles. The number of ether oxygens (including phenoxy) is 1. The highest BCUT2D eigenvalue weighted by atomic mass is 16.5. The van der Waals surface area contributed by atoms with Crippen molar-refractivity contribution in [3.63, 3.8) is 0 Å². The van der Waals surface area contributed by atoms with Crippen molar-refractivity contribution in [1.29, 1.82) is 0 Å². The second kappa shape index (κ2) is 7.21. The molecule has 0 aromatic carbocycles. The van der Waals surface area contributed by atoms with Gasteiger partial charge >= 0.3 is 0 Å². The van der Waals surface area contributed by atoms with Gasteiger partial charge in [0.15, 0.2) is 0 Å². The van der Waals surface area contributed by atoms with Crippen molar-refractivity contribution in [2.45, 2.75) is 19.8 Å². The van der Waals surface area contributed by atoms with Gasteiger partial charge in [-0.1, -0.05) is 13.3 Å². The Hall–Kier alpha value is -0.120. The van der Waals surface area contributed by atoms with Gasteiger partial charge in [0.05, 0.1) is 6.61 Å². The number of likely N-dealkylation sites (tertiary alicyclic amines) is 1. The molecule has 3 nitrogen and oxygen atoms in total. The molecule has 0 saturated carbocycles. The molecule has 1 saturated heterocycles. The summed E-state index contributed by atoms with van der Waals surface area (Å²) in [5.41, 5.74) is 0. The van der Waals surface area contributed by atoms with E-state index in [1.165, 1.54) is 32.5 Å². The quantitative estimate of drug-likeness (QED) is 0.619. The van der Waals surface area contributed by atoms with Crippen LogP contribution in [0.1, 0.15) is 19.8 Å². The van der Waals surface area contributed by atoms with Crippen LogP contribution in [0.15, 0.2) is 0 Å². The van der Waals surface area contributed by atoms with Gasteiger partial charge in [0.1, 0.15) is 0 Å². The molecule has 0 spiro atoms. The average molecular weight is 200 g/mol. The lowest BCUT2D eigenvalue weighted by atomic mass is 10.1. The van der Waals surface area contributed by atoms with Gasteiger partial charge in [0.2, 0.25) is 0 Å². The molecule has 0 bridgehead atoms. The first-order chi connectivity index (χ1) is 6.86. The lowest BCUT2D eigenvalue weighted by molar-refractivity contribution is 0.197. The first-order valence-electron chi connectivity index (χ1n) is 5.78. The molecule has 84 valence electrons. The van der Waals surface area contributed by atoms with Crippen molar-refractivity contribution in [2.24, 2.45) is 5.92 Å². The molecule has 14 heavy (non-hydrogen) atoms. The van der Waals surface area contributed by atoms with Crippen LogP contribution in [0.5, 0.6) is 0 Å². The van der Waals surface area contributed by atoms with Crippen LogP contribution in [-0.2, 0) is 4.74 Å². The molecular weight excluding hydrogens is 176 g/mol. The third-order valence-corrected chi connectivity index (χ3v) is 3.04.